The smallest absolute Gasteiger partial charge is 0.00315 e. The quantitative estimate of drug-likeness (QED) is 0.634. The summed E-state index contributed by atoms with van der Waals surface area (Å²) >= 11 is 0. The van der Waals surface area contributed by atoms with Crippen molar-refractivity contribution >= 4 is 5.57 Å². The van der Waals surface area contributed by atoms with E-state index in [1.165, 1.54) is 33.4 Å². The lowest BCUT2D eigenvalue weighted by Gasteiger charge is -2.14. The molecule has 0 amide bonds. The maximum Gasteiger partial charge on any atom is 0.00315 e. The highest BCUT2D eigenvalue weighted by Gasteiger charge is 2.24. The van der Waals surface area contributed by atoms with Crippen molar-refractivity contribution in [3.8, 4) is 0 Å². The first-order chi connectivity index (χ1) is 8.43. The van der Waals surface area contributed by atoms with Crippen LogP contribution in [0.5, 0.6) is 0 Å². The Bertz CT molecular complexity index is 509. The van der Waals surface area contributed by atoms with Crippen LogP contribution in [-0.4, -0.2) is 0 Å². The van der Waals surface area contributed by atoms with Crippen LogP contribution < -0.4 is 0 Å². The number of allylic oxidation sites excluding steroid dienone is 4. The second-order valence-corrected chi connectivity index (χ2v) is 5.85. The summed E-state index contributed by atoms with van der Waals surface area (Å²) < 4.78 is 0. The van der Waals surface area contributed by atoms with Crippen molar-refractivity contribution in [1.82, 2.24) is 0 Å². The van der Waals surface area contributed by atoms with Gasteiger partial charge in [0, 0.05) is 5.92 Å². The van der Waals surface area contributed by atoms with Crippen molar-refractivity contribution in [3.63, 3.8) is 0 Å². The summed E-state index contributed by atoms with van der Waals surface area (Å²) in [7, 11) is 0. The lowest BCUT2D eigenvalue weighted by atomic mass is 9.90. The van der Waals surface area contributed by atoms with Gasteiger partial charge in [-0.25, -0.2) is 0 Å². The molecule has 1 aliphatic rings. The van der Waals surface area contributed by atoms with Crippen molar-refractivity contribution in [2.75, 3.05) is 0 Å². The first-order valence-electron chi connectivity index (χ1n) is 6.92. The predicted octanol–water partition coefficient (Wildman–Crippen LogP) is 5.57. The Morgan fingerprint density at radius 1 is 0.889 bits per heavy atom. The third-order valence-electron chi connectivity index (χ3n) is 4.53. The molecule has 0 bridgehead atoms. The molecule has 18 heavy (non-hydrogen) atoms. The molecular weight excluding hydrogens is 216 g/mol. The second kappa shape index (κ2) is 4.76. The highest BCUT2D eigenvalue weighted by Crippen LogP contribution is 2.42. The fraction of sp³-hybridized carbons (Fsp3) is 0.444. The Morgan fingerprint density at radius 2 is 1.44 bits per heavy atom. The molecule has 0 saturated heterocycles. The zero-order valence-corrected chi connectivity index (χ0v) is 12.5. The van der Waals surface area contributed by atoms with E-state index in [-0.39, 0.29) is 0 Å². The Balaban J connectivity index is 2.40. The molecule has 1 atom stereocenters. The van der Waals surface area contributed by atoms with Crippen LogP contribution in [0.1, 0.15) is 58.6 Å². The van der Waals surface area contributed by atoms with Gasteiger partial charge in [-0.15, -0.1) is 0 Å². The van der Waals surface area contributed by atoms with E-state index in [2.05, 4.69) is 65.8 Å². The lowest BCUT2D eigenvalue weighted by molar-refractivity contribution is 0.864. The molecule has 0 unspecified atom stereocenters. The second-order valence-electron chi connectivity index (χ2n) is 5.85. The fourth-order valence-electron chi connectivity index (χ4n) is 2.88. The zero-order valence-electron chi connectivity index (χ0n) is 12.5. The van der Waals surface area contributed by atoms with Gasteiger partial charge in [-0.05, 0) is 54.5 Å². The highest BCUT2D eigenvalue weighted by atomic mass is 14.3. The van der Waals surface area contributed by atoms with Gasteiger partial charge in [0.05, 0.1) is 0 Å². The third-order valence-corrected chi connectivity index (χ3v) is 4.53. The predicted molar refractivity (Wildman–Crippen MR) is 80.7 cm³/mol. The Morgan fingerprint density at radius 3 is 1.83 bits per heavy atom. The summed E-state index contributed by atoms with van der Waals surface area (Å²) in [5.41, 5.74) is 8.79. The van der Waals surface area contributed by atoms with E-state index in [0.717, 1.165) is 0 Å². The Hall–Kier alpha value is -1.30. The van der Waals surface area contributed by atoms with Crippen LogP contribution >= 0.6 is 0 Å². The first-order valence-corrected chi connectivity index (χ1v) is 6.92. The summed E-state index contributed by atoms with van der Waals surface area (Å²) in [5, 5.41) is 0. The molecule has 0 radical (unpaired) electrons. The zero-order chi connectivity index (χ0) is 13.4. The van der Waals surface area contributed by atoms with Crippen molar-refractivity contribution in [2.45, 2.75) is 47.5 Å². The fourth-order valence-corrected chi connectivity index (χ4v) is 2.88. The molecule has 1 aromatic carbocycles. The van der Waals surface area contributed by atoms with E-state index in [4.69, 9.17) is 0 Å². The van der Waals surface area contributed by atoms with Crippen molar-refractivity contribution in [1.29, 1.82) is 0 Å². The molecule has 0 N–H and O–H groups in total. The van der Waals surface area contributed by atoms with Gasteiger partial charge in [0.2, 0.25) is 0 Å². The largest absolute Gasteiger partial charge is 0.0629 e. The van der Waals surface area contributed by atoms with Crippen molar-refractivity contribution in [2.24, 2.45) is 5.92 Å². The minimum atomic E-state index is 0.565. The van der Waals surface area contributed by atoms with Crippen LogP contribution in [-0.2, 0) is 0 Å². The highest BCUT2D eigenvalue weighted by molar-refractivity contribution is 5.79. The SMILES string of the molecule is CC1=C(C)[C@@H](C)C(c2ccc(C(C)C)cc2)=C1C. The molecule has 2 rings (SSSR count). The van der Waals surface area contributed by atoms with E-state index in [0.29, 0.717) is 11.8 Å². The van der Waals surface area contributed by atoms with Gasteiger partial charge in [0.1, 0.15) is 0 Å². The molecule has 1 aliphatic carbocycles. The maximum atomic E-state index is 2.32. The van der Waals surface area contributed by atoms with Crippen molar-refractivity contribution < 1.29 is 0 Å². The topological polar surface area (TPSA) is 0 Å². The summed E-state index contributed by atoms with van der Waals surface area (Å²) in [4.78, 5) is 0. The van der Waals surface area contributed by atoms with Crippen LogP contribution in [0.3, 0.4) is 0 Å². The molecule has 0 aliphatic heterocycles. The average molecular weight is 240 g/mol. The van der Waals surface area contributed by atoms with Crippen LogP contribution in [0.15, 0.2) is 41.0 Å². The maximum absolute atomic E-state index is 2.32. The van der Waals surface area contributed by atoms with Crippen molar-refractivity contribution in [3.05, 3.63) is 52.1 Å². The molecular formula is C18H24. The van der Waals surface area contributed by atoms with Gasteiger partial charge in [0.25, 0.3) is 0 Å². The minimum absolute atomic E-state index is 0.565. The molecule has 96 valence electrons. The van der Waals surface area contributed by atoms with E-state index < -0.39 is 0 Å². The van der Waals surface area contributed by atoms with Gasteiger partial charge in [-0.1, -0.05) is 50.6 Å². The molecule has 0 nitrogen and oxygen atoms in total. The average Bonchev–Trinajstić information content (AvgIpc) is 2.54. The summed E-state index contributed by atoms with van der Waals surface area (Å²) in [5.74, 6) is 1.17. The summed E-state index contributed by atoms with van der Waals surface area (Å²) in [6, 6.07) is 9.12. The molecule has 0 heterocycles. The van der Waals surface area contributed by atoms with Gasteiger partial charge in [-0.3, -0.25) is 0 Å². The molecule has 0 spiro atoms. The van der Waals surface area contributed by atoms with Crippen LogP contribution in [0.25, 0.3) is 5.57 Å². The third kappa shape index (κ3) is 2.05. The van der Waals surface area contributed by atoms with E-state index in [1.54, 1.807) is 0 Å². The molecule has 0 heteroatoms. The van der Waals surface area contributed by atoms with Crippen LogP contribution in [0, 0.1) is 5.92 Å². The monoisotopic (exact) mass is 240 g/mol. The standard InChI is InChI=1S/C18H24/c1-11(2)16-7-9-17(10-8-16)18-14(5)12(3)13(4)15(18)6/h7-11,14H,1-6H3/t14-/m1/s1. The normalized spacial score (nSPS) is 20.3. The first kappa shape index (κ1) is 13.1. The molecule has 0 fully saturated rings. The molecule has 1 aromatic rings. The van der Waals surface area contributed by atoms with Crippen LogP contribution in [0.2, 0.25) is 0 Å². The lowest BCUT2D eigenvalue weighted by Crippen LogP contribution is -1.97. The van der Waals surface area contributed by atoms with E-state index >= 15 is 0 Å². The van der Waals surface area contributed by atoms with Gasteiger partial charge >= 0.3 is 0 Å². The Kier molecular flexibility index (Phi) is 3.47. The number of benzene rings is 1. The Labute approximate surface area is 111 Å². The summed E-state index contributed by atoms with van der Waals surface area (Å²) in [6.07, 6.45) is 0. The van der Waals surface area contributed by atoms with Gasteiger partial charge in [-0.2, -0.15) is 0 Å². The molecule has 0 aromatic heterocycles. The van der Waals surface area contributed by atoms with E-state index in [1.807, 2.05) is 0 Å². The number of hydrogen-bond donors (Lipinski definition) is 0. The van der Waals surface area contributed by atoms with Crippen LogP contribution in [0.4, 0.5) is 0 Å². The van der Waals surface area contributed by atoms with Gasteiger partial charge in [0.15, 0.2) is 0 Å². The number of hydrogen-bond acceptors (Lipinski definition) is 0. The van der Waals surface area contributed by atoms with Gasteiger partial charge < -0.3 is 0 Å². The minimum Gasteiger partial charge on any atom is -0.0629 e. The summed E-state index contributed by atoms with van der Waals surface area (Å²) in [6.45, 7) is 13.6. The number of rotatable bonds is 2. The van der Waals surface area contributed by atoms with E-state index in [9.17, 15) is 0 Å². The molecule has 0 saturated carbocycles.